The molecule has 12 heteroatoms. The first-order chi connectivity index (χ1) is 16.2. The Kier molecular flexibility index (Phi) is 8.41. The van der Waals surface area contributed by atoms with Crippen LogP contribution in [-0.4, -0.2) is 58.7 Å². The maximum Gasteiger partial charge on any atom is 0.305 e. The number of amidine groups is 1. The van der Waals surface area contributed by atoms with E-state index >= 15 is 0 Å². The summed E-state index contributed by atoms with van der Waals surface area (Å²) < 4.78 is 5.76. The first-order valence-corrected chi connectivity index (χ1v) is 11.2. The second-order valence-corrected chi connectivity index (χ2v) is 8.42. The van der Waals surface area contributed by atoms with Crippen molar-refractivity contribution < 1.29 is 29.3 Å². The number of carbonyl (C=O) groups is 3. The van der Waals surface area contributed by atoms with E-state index in [1.165, 1.54) is 18.5 Å². The van der Waals surface area contributed by atoms with Gasteiger partial charge in [-0.3, -0.25) is 19.4 Å². The highest BCUT2D eigenvalue weighted by atomic mass is 79.9. The van der Waals surface area contributed by atoms with Gasteiger partial charge in [0, 0.05) is 24.7 Å². The number of benzene rings is 1. The molecule has 0 bridgehead atoms. The molecule has 1 aliphatic rings. The van der Waals surface area contributed by atoms with Gasteiger partial charge in [0.2, 0.25) is 5.91 Å². The monoisotopic (exact) mass is 533 g/mol. The highest BCUT2D eigenvalue weighted by Gasteiger charge is 2.23. The van der Waals surface area contributed by atoms with Gasteiger partial charge in [-0.2, -0.15) is 0 Å². The average Bonchev–Trinajstić information content (AvgIpc) is 2.80. The Morgan fingerprint density at radius 3 is 2.74 bits per heavy atom. The summed E-state index contributed by atoms with van der Waals surface area (Å²) in [7, 11) is 0. The fourth-order valence-electron chi connectivity index (χ4n) is 3.24. The first-order valence-electron chi connectivity index (χ1n) is 10.4. The van der Waals surface area contributed by atoms with Crippen molar-refractivity contribution >= 4 is 45.4 Å². The molecule has 0 spiro atoms. The molecule has 34 heavy (non-hydrogen) atoms. The number of carboxylic acids is 1. The number of phenols is 1. The number of ether oxygens (including phenoxy) is 1. The van der Waals surface area contributed by atoms with E-state index < -0.39 is 36.8 Å². The molecule has 2 aromatic rings. The minimum atomic E-state index is -1.16. The highest BCUT2D eigenvalue weighted by molar-refractivity contribution is 9.10. The molecule has 1 aromatic carbocycles. The number of nitrogens with zero attached hydrogens (tertiary/aromatic N) is 2. The van der Waals surface area contributed by atoms with Gasteiger partial charge in [0.1, 0.15) is 5.75 Å². The van der Waals surface area contributed by atoms with Gasteiger partial charge < -0.3 is 30.9 Å². The Hall–Kier alpha value is -3.67. The van der Waals surface area contributed by atoms with Crippen LogP contribution in [0.2, 0.25) is 0 Å². The Bertz CT molecular complexity index is 1120. The summed E-state index contributed by atoms with van der Waals surface area (Å²) in [6, 6.07) is 4.15. The van der Waals surface area contributed by atoms with Crippen molar-refractivity contribution in [2.45, 2.75) is 25.8 Å². The number of aromatic hydroxyl groups is 1. The summed E-state index contributed by atoms with van der Waals surface area (Å²) in [5.74, 6) is -2.49. The molecular formula is C22H24BrN5O6. The fourth-order valence-corrected chi connectivity index (χ4v) is 3.83. The van der Waals surface area contributed by atoms with Crippen LogP contribution in [0.3, 0.4) is 0 Å². The van der Waals surface area contributed by atoms with Crippen LogP contribution in [0, 0.1) is 6.92 Å². The van der Waals surface area contributed by atoms with Crippen molar-refractivity contribution in [1.82, 2.24) is 15.6 Å². The van der Waals surface area contributed by atoms with E-state index in [-0.39, 0.29) is 16.9 Å². The minimum absolute atomic E-state index is 0.164. The molecule has 2 amide bonds. The van der Waals surface area contributed by atoms with Gasteiger partial charge in [-0.1, -0.05) is 6.07 Å². The Labute approximate surface area is 203 Å². The summed E-state index contributed by atoms with van der Waals surface area (Å²) >= 11 is 3.22. The van der Waals surface area contributed by atoms with Gasteiger partial charge in [0.25, 0.3) is 11.9 Å². The summed E-state index contributed by atoms with van der Waals surface area (Å²) in [6.45, 7) is 2.56. The molecule has 0 aliphatic carbocycles. The van der Waals surface area contributed by atoms with E-state index in [2.05, 4.69) is 41.9 Å². The van der Waals surface area contributed by atoms with Crippen molar-refractivity contribution in [3.8, 4) is 5.75 Å². The topological polar surface area (TPSA) is 162 Å². The van der Waals surface area contributed by atoms with Crippen molar-refractivity contribution in [1.29, 1.82) is 0 Å². The lowest BCUT2D eigenvalue weighted by Crippen LogP contribution is -2.39. The van der Waals surface area contributed by atoms with Gasteiger partial charge in [-0.05, 0) is 40.5 Å². The predicted octanol–water partition coefficient (Wildman–Crippen LogP) is 2.11. The number of anilines is 1. The number of aromatic nitrogens is 1. The smallest absolute Gasteiger partial charge is 0.305 e. The molecule has 0 unspecified atom stereocenters. The van der Waals surface area contributed by atoms with E-state index in [1.807, 2.05) is 0 Å². The van der Waals surface area contributed by atoms with E-state index in [4.69, 9.17) is 4.74 Å². The third-order valence-electron chi connectivity index (χ3n) is 4.78. The van der Waals surface area contributed by atoms with Crippen LogP contribution >= 0.6 is 15.9 Å². The molecule has 11 nitrogen and oxygen atoms in total. The van der Waals surface area contributed by atoms with Crippen molar-refractivity contribution in [2.24, 2.45) is 4.99 Å². The van der Waals surface area contributed by atoms with Crippen LogP contribution in [0.4, 0.5) is 5.69 Å². The van der Waals surface area contributed by atoms with Crippen LogP contribution < -0.4 is 16.0 Å². The van der Waals surface area contributed by atoms with Crippen LogP contribution in [0.15, 0.2) is 40.1 Å². The molecule has 0 saturated heterocycles. The zero-order valence-electron chi connectivity index (χ0n) is 18.3. The van der Waals surface area contributed by atoms with E-state index in [1.54, 1.807) is 19.1 Å². The number of aryl methyl sites for hydroxylation is 1. The zero-order valence-corrected chi connectivity index (χ0v) is 19.9. The van der Waals surface area contributed by atoms with E-state index in [9.17, 15) is 24.6 Å². The van der Waals surface area contributed by atoms with Crippen molar-refractivity contribution in [3.63, 3.8) is 0 Å². The number of halogens is 1. The molecule has 1 aliphatic heterocycles. The predicted molar refractivity (Wildman–Crippen MR) is 127 cm³/mol. The van der Waals surface area contributed by atoms with Crippen LogP contribution in [0.25, 0.3) is 0 Å². The number of amides is 2. The molecule has 0 radical (unpaired) electrons. The number of pyridine rings is 1. The zero-order chi connectivity index (χ0) is 24.7. The second kappa shape index (κ2) is 11.5. The lowest BCUT2D eigenvalue weighted by atomic mass is 10.0. The number of phenolic OH excluding ortho intramolecular Hbond substituents is 1. The fraction of sp³-hybridized carbons (Fsp3) is 0.318. The van der Waals surface area contributed by atoms with E-state index in [0.29, 0.717) is 29.3 Å². The average molecular weight is 534 g/mol. The first kappa shape index (κ1) is 25.0. The van der Waals surface area contributed by atoms with Crippen LogP contribution in [-0.2, 0) is 14.3 Å². The molecular weight excluding hydrogens is 510 g/mol. The largest absolute Gasteiger partial charge is 0.506 e. The number of carbonyl (C=O) groups excluding carboxylic acids is 2. The Morgan fingerprint density at radius 2 is 2.03 bits per heavy atom. The highest BCUT2D eigenvalue weighted by Crippen LogP contribution is 2.34. The van der Waals surface area contributed by atoms with Gasteiger partial charge in [-0.25, -0.2) is 4.99 Å². The molecule has 2 heterocycles. The number of carboxylic acid groups (broad SMARTS) is 1. The number of hydrogen-bond donors (Lipinski definition) is 5. The third-order valence-corrected chi connectivity index (χ3v) is 5.39. The van der Waals surface area contributed by atoms with Gasteiger partial charge in [-0.15, -0.1) is 0 Å². The summed E-state index contributed by atoms with van der Waals surface area (Å²) in [4.78, 5) is 44.5. The lowest BCUT2D eigenvalue weighted by molar-refractivity contribution is -0.137. The SMILES string of the molecule is Cc1cc(Br)c(O)c([C@@H](CC(=O)O)NC(=O)CNC(=O)c2cncc(NC3=NCCCO3)c2)c1. The van der Waals surface area contributed by atoms with Gasteiger partial charge in [0.05, 0.1) is 47.5 Å². The molecule has 0 saturated carbocycles. The minimum Gasteiger partial charge on any atom is -0.506 e. The van der Waals surface area contributed by atoms with E-state index in [0.717, 1.165) is 12.0 Å². The Balaban J connectivity index is 1.62. The summed E-state index contributed by atoms with van der Waals surface area (Å²) in [5.41, 5.74) is 1.73. The third kappa shape index (κ3) is 6.91. The Morgan fingerprint density at radius 1 is 1.24 bits per heavy atom. The second-order valence-electron chi connectivity index (χ2n) is 7.56. The summed E-state index contributed by atoms with van der Waals surface area (Å²) in [6.07, 6.45) is 3.24. The quantitative estimate of drug-likeness (QED) is 0.344. The van der Waals surface area contributed by atoms with Crippen LogP contribution in [0.5, 0.6) is 5.75 Å². The molecule has 1 atom stereocenters. The normalized spacial score (nSPS) is 13.8. The molecule has 5 N–H and O–H groups in total. The van der Waals surface area contributed by atoms with Gasteiger partial charge in [0.15, 0.2) is 0 Å². The summed E-state index contributed by atoms with van der Waals surface area (Å²) in [5, 5.41) is 27.6. The molecule has 0 fully saturated rings. The number of rotatable bonds is 8. The maximum atomic E-state index is 12.5. The van der Waals surface area contributed by atoms with Crippen molar-refractivity contribution in [3.05, 3.63) is 51.8 Å². The van der Waals surface area contributed by atoms with Gasteiger partial charge >= 0.3 is 5.97 Å². The van der Waals surface area contributed by atoms with Crippen molar-refractivity contribution in [2.75, 3.05) is 25.0 Å². The standard InChI is InChI=1S/C22H24BrN5O6/c1-12-5-15(20(32)16(23)6-12)17(8-19(30)31)28-18(29)11-26-21(33)13-7-14(10-24-9-13)27-22-25-3-2-4-34-22/h5-7,9-10,17,32H,2-4,8,11H2,1H3,(H,25,27)(H,26,33)(H,28,29)(H,30,31)/t17-/m1/s1. The molecule has 3 rings (SSSR count). The number of aliphatic carboxylic acids is 1. The number of aliphatic imine (C=N–C) groups is 1. The van der Waals surface area contributed by atoms with Crippen LogP contribution in [0.1, 0.15) is 40.4 Å². The lowest BCUT2D eigenvalue weighted by Gasteiger charge is -2.20. The molecule has 180 valence electrons. The maximum absolute atomic E-state index is 12.5. The number of nitrogens with one attached hydrogen (secondary N) is 3. The number of hydrogen-bond acceptors (Lipinski definition) is 8. The molecule has 1 aromatic heterocycles.